The van der Waals surface area contributed by atoms with E-state index in [4.69, 9.17) is 10.6 Å². The Morgan fingerprint density at radius 2 is 2.42 bits per heavy atom. The van der Waals surface area contributed by atoms with Crippen molar-refractivity contribution < 1.29 is 4.84 Å². The molecule has 0 bridgehead atoms. The summed E-state index contributed by atoms with van der Waals surface area (Å²) in [4.78, 5) is 4.77. The molecule has 0 radical (unpaired) electrons. The molecule has 0 amide bonds. The Hall–Kier alpha value is -0.610. The molecule has 0 aromatic rings. The number of nitrogens with zero attached hydrogens (tertiary/aromatic N) is 1. The molecule has 2 aliphatic rings. The topological polar surface area (TPSA) is 59.6 Å². The lowest BCUT2D eigenvalue weighted by Gasteiger charge is -2.16. The van der Waals surface area contributed by atoms with Crippen molar-refractivity contribution in [3.63, 3.8) is 0 Å². The van der Waals surface area contributed by atoms with Gasteiger partial charge in [-0.3, -0.25) is 0 Å². The number of rotatable bonds is 2. The van der Waals surface area contributed by atoms with Crippen molar-refractivity contribution in [3.8, 4) is 0 Å². The van der Waals surface area contributed by atoms with Crippen LogP contribution >= 0.6 is 0 Å². The minimum Gasteiger partial charge on any atom is -0.399 e. The van der Waals surface area contributed by atoms with E-state index in [2.05, 4.69) is 10.5 Å². The van der Waals surface area contributed by atoms with Crippen LogP contribution < -0.4 is 11.1 Å². The Labute approximate surface area is 72.1 Å². The van der Waals surface area contributed by atoms with Crippen molar-refractivity contribution in [1.82, 2.24) is 5.32 Å². The molecule has 2 fully saturated rings. The Bertz CT molecular complexity index is 210. The van der Waals surface area contributed by atoms with Crippen LogP contribution in [0.25, 0.3) is 0 Å². The predicted molar refractivity (Wildman–Crippen MR) is 47.0 cm³/mol. The summed E-state index contributed by atoms with van der Waals surface area (Å²) in [7, 11) is 1.58. The summed E-state index contributed by atoms with van der Waals surface area (Å²) < 4.78 is 0. The largest absolute Gasteiger partial charge is 0.399 e. The van der Waals surface area contributed by atoms with Crippen molar-refractivity contribution in [2.24, 2.45) is 16.8 Å². The van der Waals surface area contributed by atoms with Gasteiger partial charge in [-0.1, -0.05) is 5.16 Å². The van der Waals surface area contributed by atoms with Crippen LogP contribution in [0.2, 0.25) is 0 Å². The van der Waals surface area contributed by atoms with E-state index in [1.165, 1.54) is 0 Å². The third kappa shape index (κ3) is 1.21. The van der Waals surface area contributed by atoms with Crippen LogP contribution in [0.5, 0.6) is 0 Å². The maximum absolute atomic E-state index is 6.10. The molecule has 1 aliphatic carbocycles. The average Bonchev–Trinajstić information content (AvgIpc) is 2.64. The van der Waals surface area contributed by atoms with Gasteiger partial charge in [-0.25, -0.2) is 0 Å². The molecule has 0 aromatic heterocycles. The van der Waals surface area contributed by atoms with Gasteiger partial charge in [-0.05, 0) is 12.8 Å². The third-order valence-corrected chi connectivity index (χ3v) is 2.79. The minimum atomic E-state index is 0.0286. The van der Waals surface area contributed by atoms with Gasteiger partial charge in [0.05, 0.1) is 5.71 Å². The Morgan fingerprint density at radius 3 is 3.00 bits per heavy atom. The van der Waals surface area contributed by atoms with Crippen molar-refractivity contribution in [3.05, 3.63) is 0 Å². The molecule has 1 saturated heterocycles. The van der Waals surface area contributed by atoms with E-state index in [1.54, 1.807) is 7.11 Å². The summed E-state index contributed by atoms with van der Waals surface area (Å²) in [6, 6.07) is 0. The van der Waals surface area contributed by atoms with Crippen LogP contribution in [-0.2, 0) is 4.84 Å². The van der Waals surface area contributed by atoms with Crippen LogP contribution in [0.15, 0.2) is 5.16 Å². The number of hydrogen-bond acceptors (Lipinski definition) is 4. The summed E-state index contributed by atoms with van der Waals surface area (Å²) >= 11 is 0. The van der Waals surface area contributed by atoms with Crippen LogP contribution in [0.1, 0.15) is 12.8 Å². The zero-order valence-corrected chi connectivity index (χ0v) is 7.34. The molecule has 2 rings (SSSR count). The van der Waals surface area contributed by atoms with E-state index < -0.39 is 0 Å². The molecule has 3 N–H and O–H groups in total. The first-order valence-electron chi connectivity index (χ1n) is 4.36. The molecule has 0 aromatic carbocycles. The van der Waals surface area contributed by atoms with Gasteiger partial charge in [-0.15, -0.1) is 0 Å². The standard InChI is InChI=1S/C8H15N3O/c1-12-11-7-5-10-4-6(7)8(9)2-3-8/h6,10H,2-5,9H2,1H3/b11-7+. The molecule has 12 heavy (non-hydrogen) atoms. The maximum Gasteiger partial charge on any atom is 0.106 e. The van der Waals surface area contributed by atoms with Crippen molar-refractivity contribution in [2.75, 3.05) is 20.2 Å². The average molecular weight is 169 g/mol. The SMILES string of the molecule is CO/N=C1\CNCC1C1(N)CC1. The summed E-state index contributed by atoms with van der Waals surface area (Å²) in [5, 5.41) is 7.25. The van der Waals surface area contributed by atoms with E-state index in [1.807, 2.05) is 0 Å². The number of nitrogens with one attached hydrogen (secondary N) is 1. The highest BCUT2D eigenvalue weighted by Gasteiger charge is 2.49. The highest BCUT2D eigenvalue weighted by molar-refractivity contribution is 5.91. The fraction of sp³-hybridized carbons (Fsp3) is 0.875. The number of hydrogen-bond donors (Lipinski definition) is 2. The second-order valence-corrected chi connectivity index (χ2v) is 3.68. The fourth-order valence-electron chi connectivity index (χ4n) is 1.83. The highest BCUT2D eigenvalue weighted by Crippen LogP contribution is 2.41. The molecule has 1 unspecified atom stereocenters. The monoisotopic (exact) mass is 169 g/mol. The number of oxime groups is 1. The highest BCUT2D eigenvalue weighted by atomic mass is 16.6. The first-order chi connectivity index (χ1) is 5.76. The van der Waals surface area contributed by atoms with Crippen LogP contribution in [0.3, 0.4) is 0 Å². The Balaban J connectivity index is 2.09. The lowest BCUT2D eigenvalue weighted by molar-refractivity contribution is 0.210. The van der Waals surface area contributed by atoms with Crippen molar-refractivity contribution in [1.29, 1.82) is 0 Å². The molecular formula is C8H15N3O. The molecule has 1 heterocycles. The molecule has 68 valence electrons. The third-order valence-electron chi connectivity index (χ3n) is 2.79. The maximum atomic E-state index is 6.10. The minimum absolute atomic E-state index is 0.0286. The summed E-state index contributed by atoms with van der Waals surface area (Å²) in [6.45, 7) is 1.79. The van der Waals surface area contributed by atoms with E-state index >= 15 is 0 Å². The van der Waals surface area contributed by atoms with Crippen LogP contribution in [0, 0.1) is 5.92 Å². The van der Waals surface area contributed by atoms with Gasteiger partial charge < -0.3 is 15.9 Å². The van der Waals surface area contributed by atoms with Gasteiger partial charge >= 0.3 is 0 Å². The summed E-state index contributed by atoms with van der Waals surface area (Å²) in [5.41, 5.74) is 7.21. The smallest absolute Gasteiger partial charge is 0.106 e. The van der Waals surface area contributed by atoms with Gasteiger partial charge in [0.2, 0.25) is 0 Å². The molecular weight excluding hydrogens is 154 g/mol. The lowest BCUT2D eigenvalue weighted by Crippen LogP contribution is -2.37. The quantitative estimate of drug-likeness (QED) is 0.558. The van der Waals surface area contributed by atoms with Crippen LogP contribution in [0.4, 0.5) is 0 Å². The molecule has 0 spiro atoms. The zero-order valence-electron chi connectivity index (χ0n) is 7.34. The van der Waals surface area contributed by atoms with E-state index in [0.29, 0.717) is 5.92 Å². The van der Waals surface area contributed by atoms with Gasteiger partial charge in [0.25, 0.3) is 0 Å². The van der Waals surface area contributed by atoms with Gasteiger partial charge in [0.15, 0.2) is 0 Å². The molecule has 1 saturated carbocycles. The van der Waals surface area contributed by atoms with E-state index in [9.17, 15) is 0 Å². The lowest BCUT2D eigenvalue weighted by atomic mass is 9.96. The van der Waals surface area contributed by atoms with E-state index in [-0.39, 0.29) is 5.54 Å². The predicted octanol–water partition coefficient (Wildman–Crippen LogP) is -0.300. The fourth-order valence-corrected chi connectivity index (χ4v) is 1.83. The van der Waals surface area contributed by atoms with Gasteiger partial charge in [0.1, 0.15) is 7.11 Å². The summed E-state index contributed by atoms with van der Waals surface area (Å²) in [6.07, 6.45) is 2.25. The molecule has 4 nitrogen and oxygen atoms in total. The second kappa shape index (κ2) is 2.71. The summed E-state index contributed by atoms with van der Waals surface area (Å²) in [5.74, 6) is 0.400. The zero-order chi connectivity index (χ0) is 8.60. The first kappa shape index (κ1) is 8.01. The van der Waals surface area contributed by atoms with Gasteiger partial charge in [0, 0.05) is 24.5 Å². The molecule has 1 aliphatic heterocycles. The van der Waals surface area contributed by atoms with Crippen molar-refractivity contribution >= 4 is 5.71 Å². The Kier molecular flexibility index (Phi) is 1.81. The normalized spacial score (nSPS) is 35.5. The van der Waals surface area contributed by atoms with Gasteiger partial charge in [-0.2, -0.15) is 0 Å². The molecule has 1 atom stereocenters. The number of nitrogens with two attached hydrogens (primary N) is 1. The second-order valence-electron chi connectivity index (χ2n) is 3.68. The Morgan fingerprint density at radius 1 is 1.67 bits per heavy atom. The van der Waals surface area contributed by atoms with Crippen molar-refractivity contribution in [2.45, 2.75) is 18.4 Å². The first-order valence-corrected chi connectivity index (χ1v) is 4.36. The van der Waals surface area contributed by atoms with E-state index in [0.717, 1.165) is 31.6 Å². The molecule has 4 heteroatoms. The van der Waals surface area contributed by atoms with Crippen LogP contribution in [-0.4, -0.2) is 31.4 Å².